The summed E-state index contributed by atoms with van der Waals surface area (Å²) in [5, 5.41) is 1.43. The van der Waals surface area contributed by atoms with E-state index in [4.69, 9.17) is 4.84 Å². The van der Waals surface area contributed by atoms with Crippen LogP contribution in [0.25, 0.3) is 0 Å². The number of amides is 2. The lowest BCUT2D eigenvalue weighted by Gasteiger charge is -2.28. The summed E-state index contributed by atoms with van der Waals surface area (Å²) < 4.78 is 53.1. The molecule has 2 aliphatic rings. The van der Waals surface area contributed by atoms with E-state index in [1.54, 1.807) is 30.3 Å². The van der Waals surface area contributed by atoms with Gasteiger partial charge in [-0.2, -0.15) is 13.2 Å². The van der Waals surface area contributed by atoms with Crippen LogP contribution in [-0.4, -0.2) is 17.9 Å². The van der Waals surface area contributed by atoms with Gasteiger partial charge >= 0.3 is 6.18 Å². The maximum Gasteiger partial charge on any atom is 0.416 e. The molecule has 0 radical (unpaired) electrons. The number of halogens is 4. The van der Waals surface area contributed by atoms with E-state index >= 15 is 0 Å². The number of hydrogen-bond donors (Lipinski definition) is 0. The molecule has 3 aromatic carbocycles. The van der Waals surface area contributed by atoms with Gasteiger partial charge in [-0.1, -0.05) is 36.4 Å². The molecule has 168 valence electrons. The second kappa shape index (κ2) is 7.70. The van der Waals surface area contributed by atoms with Crippen LogP contribution in [0.15, 0.2) is 78.9 Å². The monoisotopic (exact) mass is 456 g/mol. The zero-order valence-electron chi connectivity index (χ0n) is 16.9. The zero-order chi connectivity index (χ0) is 23.3. The first-order chi connectivity index (χ1) is 15.8. The molecule has 0 saturated carbocycles. The molecule has 2 fully saturated rings. The highest BCUT2D eigenvalue weighted by Crippen LogP contribution is 2.47. The largest absolute Gasteiger partial charge is 0.416 e. The van der Waals surface area contributed by atoms with Gasteiger partial charge in [-0.15, -0.1) is 0 Å². The molecule has 0 bridgehead atoms. The molecular formula is C24H16F4N2O3. The summed E-state index contributed by atoms with van der Waals surface area (Å²) in [7, 11) is 0. The Morgan fingerprint density at radius 1 is 0.788 bits per heavy atom. The first-order valence-electron chi connectivity index (χ1n) is 10.1. The number of nitrogens with zero attached hydrogens (tertiary/aromatic N) is 2. The van der Waals surface area contributed by atoms with E-state index in [2.05, 4.69) is 0 Å². The Labute approximate surface area is 185 Å². The fourth-order valence-electron chi connectivity index (χ4n) is 4.29. The SMILES string of the molecule is O=C1[C@@H]2[C@@H](c3ccc(F)cc3)N(c3ccccc3)O[C@H]2C(=O)N1c1cccc(C(F)(F)F)c1. The van der Waals surface area contributed by atoms with Gasteiger partial charge in [-0.05, 0) is 48.0 Å². The highest BCUT2D eigenvalue weighted by Gasteiger charge is 2.60. The van der Waals surface area contributed by atoms with Gasteiger partial charge in [-0.25, -0.2) is 14.4 Å². The Balaban J connectivity index is 1.57. The number of imide groups is 1. The molecule has 5 nitrogen and oxygen atoms in total. The van der Waals surface area contributed by atoms with Crippen molar-refractivity contribution in [3.05, 3.63) is 95.8 Å². The Morgan fingerprint density at radius 2 is 1.45 bits per heavy atom. The highest BCUT2D eigenvalue weighted by atomic mass is 19.4. The minimum absolute atomic E-state index is 0.179. The van der Waals surface area contributed by atoms with Crippen LogP contribution in [0.1, 0.15) is 17.2 Å². The maximum absolute atomic E-state index is 13.6. The van der Waals surface area contributed by atoms with Gasteiger partial charge in [0.2, 0.25) is 5.91 Å². The van der Waals surface area contributed by atoms with Crippen LogP contribution in [0, 0.1) is 11.7 Å². The molecular weight excluding hydrogens is 440 g/mol. The number of alkyl halides is 3. The van der Waals surface area contributed by atoms with E-state index in [1.165, 1.54) is 35.4 Å². The molecule has 2 saturated heterocycles. The van der Waals surface area contributed by atoms with Gasteiger partial charge in [0.1, 0.15) is 11.7 Å². The third kappa shape index (κ3) is 3.54. The molecule has 0 spiro atoms. The number of hydroxylamine groups is 1. The number of carbonyl (C=O) groups is 2. The van der Waals surface area contributed by atoms with E-state index in [1.807, 2.05) is 0 Å². The van der Waals surface area contributed by atoms with Crippen LogP contribution in [0.2, 0.25) is 0 Å². The number of fused-ring (bicyclic) bond motifs is 1. The van der Waals surface area contributed by atoms with Gasteiger partial charge in [0.15, 0.2) is 6.10 Å². The normalized spacial score (nSPS) is 22.7. The van der Waals surface area contributed by atoms with Crippen LogP contribution in [0.3, 0.4) is 0 Å². The summed E-state index contributed by atoms with van der Waals surface area (Å²) in [4.78, 5) is 33.3. The number of anilines is 2. The van der Waals surface area contributed by atoms with Crippen LogP contribution < -0.4 is 9.96 Å². The lowest BCUT2D eigenvalue weighted by atomic mass is 9.90. The third-order valence-electron chi connectivity index (χ3n) is 5.77. The van der Waals surface area contributed by atoms with Crippen molar-refractivity contribution in [3.63, 3.8) is 0 Å². The van der Waals surface area contributed by atoms with Gasteiger partial charge in [0, 0.05) is 0 Å². The third-order valence-corrected chi connectivity index (χ3v) is 5.77. The van der Waals surface area contributed by atoms with Crippen LogP contribution in [0.4, 0.5) is 28.9 Å². The fraction of sp³-hybridized carbons (Fsp3) is 0.167. The molecule has 2 heterocycles. The van der Waals surface area contributed by atoms with Crippen molar-refractivity contribution in [1.82, 2.24) is 0 Å². The average molecular weight is 456 g/mol. The molecule has 0 unspecified atom stereocenters. The summed E-state index contributed by atoms with van der Waals surface area (Å²) in [6.45, 7) is 0. The Bertz CT molecular complexity index is 1210. The van der Waals surface area contributed by atoms with Gasteiger partial charge in [-0.3, -0.25) is 14.4 Å². The smallest absolute Gasteiger partial charge is 0.273 e. The number of rotatable bonds is 3. The second-order valence-corrected chi connectivity index (χ2v) is 7.77. The van der Waals surface area contributed by atoms with E-state index < -0.39 is 47.4 Å². The van der Waals surface area contributed by atoms with Crippen molar-refractivity contribution in [2.45, 2.75) is 18.3 Å². The number of para-hydroxylation sites is 1. The van der Waals surface area contributed by atoms with Gasteiger partial charge in [0.25, 0.3) is 5.91 Å². The van der Waals surface area contributed by atoms with E-state index in [0.29, 0.717) is 11.3 Å². The van der Waals surface area contributed by atoms with Crippen molar-refractivity contribution < 1.29 is 32.0 Å². The standard InChI is InChI=1S/C24H16F4N2O3/c25-16-11-9-14(10-12-16)20-19-21(33-30(20)17-6-2-1-3-7-17)23(32)29(22(19)31)18-8-4-5-15(13-18)24(26,27)28/h1-13,19-21H/t19-,20-,21-/m1/s1. The first-order valence-corrected chi connectivity index (χ1v) is 10.1. The van der Waals surface area contributed by atoms with Crippen LogP contribution in [-0.2, 0) is 20.6 Å². The fourth-order valence-corrected chi connectivity index (χ4v) is 4.29. The Kier molecular flexibility index (Phi) is 4.93. The second-order valence-electron chi connectivity index (χ2n) is 7.77. The summed E-state index contributed by atoms with van der Waals surface area (Å²) >= 11 is 0. The molecule has 9 heteroatoms. The quantitative estimate of drug-likeness (QED) is 0.416. The zero-order valence-corrected chi connectivity index (χ0v) is 16.9. The number of hydrogen-bond acceptors (Lipinski definition) is 4. The molecule has 0 aromatic heterocycles. The van der Waals surface area contributed by atoms with Crippen molar-refractivity contribution in [3.8, 4) is 0 Å². The van der Waals surface area contributed by atoms with E-state index in [0.717, 1.165) is 23.1 Å². The summed E-state index contributed by atoms with van der Waals surface area (Å²) in [5.41, 5.74) is -0.0474. The van der Waals surface area contributed by atoms with Gasteiger partial charge in [0.05, 0.1) is 23.0 Å². The summed E-state index contributed by atoms with van der Waals surface area (Å²) in [6, 6.07) is 17.5. The minimum atomic E-state index is -4.63. The molecule has 3 aromatic rings. The molecule has 2 amide bonds. The highest BCUT2D eigenvalue weighted by molar-refractivity contribution is 6.24. The number of carbonyl (C=O) groups excluding carboxylic acids is 2. The van der Waals surface area contributed by atoms with Crippen molar-refractivity contribution in [2.75, 3.05) is 9.96 Å². The summed E-state index contributed by atoms with van der Waals surface area (Å²) in [5.74, 6) is -2.94. The number of benzene rings is 3. The van der Waals surface area contributed by atoms with Gasteiger partial charge < -0.3 is 0 Å². The first kappa shape index (κ1) is 21.1. The maximum atomic E-state index is 13.6. The van der Waals surface area contributed by atoms with Crippen molar-refractivity contribution >= 4 is 23.2 Å². The van der Waals surface area contributed by atoms with Crippen LogP contribution in [0.5, 0.6) is 0 Å². The lowest BCUT2D eigenvalue weighted by molar-refractivity contribution is -0.137. The van der Waals surface area contributed by atoms with E-state index in [9.17, 15) is 27.2 Å². The van der Waals surface area contributed by atoms with Crippen LogP contribution >= 0.6 is 0 Å². The molecule has 2 aliphatic heterocycles. The van der Waals surface area contributed by atoms with E-state index in [-0.39, 0.29) is 5.69 Å². The molecule has 0 aliphatic carbocycles. The summed E-state index contributed by atoms with van der Waals surface area (Å²) in [6.07, 6.45) is -5.86. The topological polar surface area (TPSA) is 49.9 Å². The Hall–Kier alpha value is -3.72. The molecule has 3 atom stereocenters. The van der Waals surface area contributed by atoms with Crippen molar-refractivity contribution in [2.24, 2.45) is 5.92 Å². The molecule has 5 rings (SSSR count). The Morgan fingerprint density at radius 3 is 2.12 bits per heavy atom. The lowest BCUT2D eigenvalue weighted by Crippen LogP contribution is -2.37. The average Bonchev–Trinajstić information content (AvgIpc) is 3.30. The molecule has 0 N–H and O–H groups in total. The molecule has 33 heavy (non-hydrogen) atoms. The minimum Gasteiger partial charge on any atom is -0.273 e. The predicted molar refractivity (Wildman–Crippen MR) is 110 cm³/mol. The van der Waals surface area contributed by atoms with Crippen molar-refractivity contribution in [1.29, 1.82) is 0 Å². The predicted octanol–water partition coefficient (Wildman–Crippen LogP) is 4.90.